The van der Waals surface area contributed by atoms with Crippen LogP contribution in [0.3, 0.4) is 0 Å². The van der Waals surface area contributed by atoms with Crippen molar-refractivity contribution in [3.8, 4) is 0 Å². The van der Waals surface area contributed by atoms with Crippen LogP contribution in [0.2, 0.25) is 0 Å². The van der Waals surface area contributed by atoms with Crippen LogP contribution < -0.4 is 5.32 Å². The summed E-state index contributed by atoms with van der Waals surface area (Å²) >= 11 is 0. The molecule has 3 heteroatoms. The van der Waals surface area contributed by atoms with E-state index in [0.717, 1.165) is 25.1 Å². The predicted molar refractivity (Wildman–Crippen MR) is 51.6 cm³/mol. The molecule has 1 saturated heterocycles. The Hall–Kier alpha value is -0.960. The molecule has 0 aliphatic carbocycles. The standard InChI is InChI=1S/C11H13F2N/c12-11(13)9-3-1-2-8(6-9)10-4-5-14-7-10/h1-3,6,10-11,14H,4-5,7H2. The smallest absolute Gasteiger partial charge is 0.263 e. The van der Waals surface area contributed by atoms with Crippen LogP contribution in [0.4, 0.5) is 8.78 Å². The van der Waals surface area contributed by atoms with Gasteiger partial charge in [0.2, 0.25) is 0 Å². The number of halogens is 2. The Kier molecular flexibility index (Phi) is 2.77. The van der Waals surface area contributed by atoms with Crippen LogP contribution >= 0.6 is 0 Å². The van der Waals surface area contributed by atoms with Gasteiger partial charge < -0.3 is 5.32 Å². The Morgan fingerprint density at radius 3 is 2.86 bits per heavy atom. The molecule has 76 valence electrons. The first-order valence-electron chi connectivity index (χ1n) is 4.86. The predicted octanol–water partition coefficient (Wildman–Crippen LogP) is 2.70. The molecule has 14 heavy (non-hydrogen) atoms. The van der Waals surface area contributed by atoms with Gasteiger partial charge in [0.25, 0.3) is 6.43 Å². The van der Waals surface area contributed by atoms with Gasteiger partial charge >= 0.3 is 0 Å². The monoisotopic (exact) mass is 197 g/mol. The number of benzene rings is 1. The molecule has 0 radical (unpaired) electrons. The van der Waals surface area contributed by atoms with Crippen molar-refractivity contribution in [3.63, 3.8) is 0 Å². The first kappa shape index (κ1) is 9.59. The van der Waals surface area contributed by atoms with Crippen molar-refractivity contribution < 1.29 is 8.78 Å². The highest BCUT2D eigenvalue weighted by atomic mass is 19.3. The van der Waals surface area contributed by atoms with E-state index in [0.29, 0.717) is 5.92 Å². The fourth-order valence-electron chi connectivity index (χ4n) is 1.89. The van der Waals surface area contributed by atoms with Gasteiger partial charge in [-0.1, -0.05) is 18.2 Å². The van der Waals surface area contributed by atoms with Crippen LogP contribution in [0, 0.1) is 0 Å². The minimum atomic E-state index is -2.36. The Balaban J connectivity index is 2.21. The van der Waals surface area contributed by atoms with Crippen LogP contribution in [0.5, 0.6) is 0 Å². The molecule has 1 N–H and O–H groups in total. The number of hydrogen-bond donors (Lipinski definition) is 1. The molecule has 1 nitrogen and oxygen atoms in total. The normalized spacial score (nSPS) is 21.8. The molecule has 0 aromatic heterocycles. The van der Waals surface area contributed by atoms with E-state index in [-0.39, 0.29) is 5.56 Å². The molecule has 1 heterocycles. The molecule has 2 rings (SSSR count). The van der Waals surface area contributed by atoms with Gasteiger partial charge in [0.1, 0.15) is 0 Å². The van der Waals surface area contributed by atoms with Crippen molar-refractivity contribution in [1.82, 2.24) is 5.32 Å². The van der Waals surface area contributed by atoms with E-state index in [2.05, 4.69) is 5.32 Å². The molecular weight excluding hydrogens is 184 g/mol. The lowest BCUT2D eigenvalue weighted by Gasteiger charge is -2.10. The molecule has 1 aromatic rings. The largest absolute Gasteiger partial charge is 0.316 e. The second-order valence-corrected chi connectivity index (χ2v) is 3.66. The van der Waals surface area contributed by atoms with Crippen molar-refractivity contribution in [2.75, 3.05) is 13.1 Å². The summed E-state index contributed by atoms with van der Waals surface area (Å²) in [4.78, 5) is 0. The Morgan fingerprint density at radius 1 is 1.36 bits per heavy atom. The summed E-state index contributed by atoms with van der Waals surface area (Å²) in [7, 11) is 0. The van der Waals surface area contributed by atoms with E-state index < -0.39 is 6.43 Å². The average Bonchev–Trinajstić information content (AvgIpc) is 2.71. The highest BCUT2D eigenvalue weighted by molar-refractivity contribution is 5.28. The fourth-order valence-corrected chi connectivity index (χ4v) is 1.89. The minimum absolute atomic E-state index is 0.134. The molecule has 0 spiro atoms. The zero-order valence-electron chi connectivity index (χ0n) is 7.84. The average molecular weight is 197 g/mol. The van der Waals surface area contributed by atoms with Crippen LogP contribution in [-0.2, 0) is 0 Å². The third-order valence-corrected chi connectivity index (χ3v) is 2.69. The first-order valence-corrected chi connectivity index (χ1v) is 4.86. The molecule has 0 amide bonds. The van der Waals surface area contributed by atoms with E-state index in [1.165, 1.54) is 6.07 Å². The maximum absolute atomic E-state index is 12.4. The van der Waals surface area contributed by atoms with Crippen molar-refractivity contribution >= 4 is 0 Å². The number of nitrogens with one attached hydrogen (secondary N) is 1. The molecule has 1 aliphatic heterocycles. The van der Waals surface area contributed by atoms with Gasteiger partial charge in [0.15, 0.2) is 0 Å². The molecule has 1 atom stereocenters. The molecule has 0 saturated carbocycles. The van der Waals surface area contributed by atoms with E-state index in [1.54, 1.807) is 12.1 Å². The molecule has 1 aromatic carbocycles. The zero-order valence-corrected chi connectivity index (χ0v) is 7.84. The van der Waals surface area contributed by atoms with Crippen LogP contribution in [0.15, 0.2) is 24.3 Å². The van der Waals surface area contributed by atoms with Gasteiger partial charge in [-0.3, -0.25) is 0 Å². The highest BCUT2D eigenvalue weighted by Gasteiger charge is 2.17. The summed E-state index contributed by atoms with van der Waals surface area (Å²) in [6.07, 6.45) is -1.31. The molecule has 1 aliphatic rings. The Labute approximate surface area is 82.1 Å². The summed E-state index contributed by atoms with van der Waals surface area (Å²) in [6.45, 7) is 1.90. The van der Waals surface area contributed by atoms with Gasteiger partial charge in [0, 0.05) is 12.1 Å². The van der Waals surface area contributed by atoms with Crippen molar-refractivity contribution in [2.45, 2.75) is 18.8 Å². The van der Waals surface area contributed by atoms with Gasteiger partial charge in [-0.05, 0) is 30.5 Å². The zero-order chi connectivity index (χ0) is 9.97. The number of alkyl halides is 2. The first-order chi connectivity index (χ1) is 6.77. The summed E-state index contributed by atoms with van der Waals surface area (Å²) in [6, 6.07) is 6.76. The van der Waals surface area contributed by atoms with Gasteiger partial charge in [-0.15, -0.1) is 0 Å². The second-order valence-electron chi connectivity index (χ2n) is 3.66. The lowest BCUT2D eigenvalue weighted by atomic mass is 9.97. The van der Waals surface area contributed by atoms with Crippen LogP contribution in [0.1, 0.15) is 29.9 Å². The SMILES string of the molecule is FC(F)c1cccc(C2CCNC2)c1. The van der Waals surface area contributed by atoms with Gasteiger partial charge in [-0.2, -0.15) is 0 Å². The van der Waals surface area contributed by atoms with Crippen molar-refractivity contribution in [2.24, 2.45) is 0 Å². The second kappa shape index (κ2) is 4.05. The van der Waals surface area contributed by atoms with Crippen molar-refractivity contribution in [3.05, 3.63) is 35.4 Å². The summed E-state index contributed by atoms with van der Waals surface area (Å²) < 4.78 is 24.8. The minimum Gasteiger partial charge on any atom is -0.316 e. The lowest BCUT2D eigenvalue weighted by Crippen LogP contribution is -2.08. The van der Waals surface area contributed by atoms with Crippen LogP contribution in [0.25, 0.3) is 0 Å². The fraction of sp³-hybridized carbons (Fsp3) is 0.455. The van der Waals surface area contributed by atoms with E-state index in [1.807, 2.05) is 6.07 Å². The molecule has 0 bridgehead atoms. The summed E-state index contributed by atoms with van der Waals surface area (Å²) in [5, 5.41) is 3.23. The molecule has 1 unspecified atom stereocenters. The highest BCUT2D eigenvalue weighted by Crippen LogP contribution is 2.26. The number of rotatable bonds is 2. The lowest BCUT2D eigenvalue weighted by molar-refractivity contribution is 0.151. The summed E-state index contributed by atoms with van der Waals surface area (Å²) in [5.74, 6) is 0.411. The molecule has 1 fully saturated rings. The Bertz CT molecular complexity index is 306. The third-order valence-electron chi connectivity index (χ3n) is 2.69. The Morgan fingerprint density at radius 2 is 2.21 bits per heavy atom. The van der Waals surface area contributed by atoms with Gasteiger partial charge in [0.05, 0.1) is 0 Å². The quantitative estimate of drug-likeness (QED) is 0.768. The third kappa shape index (κ3) is 1.93. The van der Waals surface area contributed by atoms with E-state index in [4.69, 9.17) is 0 Å². The van der Waals surface area contributed by atoms with E-state index in [9.17, 15) is 8.78 Å². The van der Waals surface area contributed by atoms with E-state index >= 15 is 0 Å². The number of hydrogen-bond acceptors (Lipinski definition) is 1. The van der Waals surface area contributed by atoms with Crippen LogP contribution in [-0.4, -0.2) is 13.1 Å². The summed E-state index contributed by atoms with van der Waals surface area (Å²) in [5.41, 5.74) is 1.17. The van der Waals surface area contributed by atoms with Gasteiger partial charge in [-0.25, -0.2) is 8.78 Å². The maximum Gasteiger partial charge on any atom is 0.263 e. The molecular formula is C11H13F2N. The van der Waals surface area contributed by atoms with Crippen molar-refractivity contribution in [1.29, 1.82) is 0 Å². The topological polar surface area (TPSA) is 12.0 Å². The maximum atomic E-state index is 12.4.